The highest BCUT2D eigenvalue weighted by atomic mass is 15.2. The van der Waals surface area contributed by atoms with Crippen LogP contribution in [0, 0.1) is 12.8 Å². The smallest absolute Gasteiger partial charge is 0.203 e. The van der Waals surface area contributed by atoms with Gasteiger partial charge >= 0.3 is 0 Å². The van der Waals surface area contributed by atoms with Gasteiger partial charge in [0, 0.05) is 19.3 Å². The Balaban J connectivity index is 1.87. The minimum absolute atomic E-state index is 0.857. The Kier molecular flexibility index (Phi) is 3.86. The predicted octanol–water partition coefficient (Wildman–Crippen LogP) is 3.20. The van der Waals surface area contributed by atoms with Crippen LogP contribution in [0.5, 0.6) is 0 Å². The Labute approximate surface area is 98.3 Å². The molecule has 0 radical (unpaired) electrons. The second-order valence-electron chi connectivity index (χ2n) is 4.88. The summed E-state index contributed by atoms with van der Waals surface area (Å²) in [5.74, 6) is 1.90. The molecule has 2 rings (SSSR count). The molecule has 3 nitrogen and oxygen atoms in total. The number of anilines is 1. The molecule has 1 aliphatic rings. The van der Waals surface area contributed by atoms with Crippen molar-refractivity contribution in [2.24, 2.45) is 5.92 Å². The molecule has 3 heteroatoms. The van der Waals surface area contributed by atoms with E-state index in [9.17, 15) is 0 Å². The SMILES string of the molecule is CCn1cc(C)nc1NCC1CCCCC1. The van der Waals surface area contributed by atoms with Crippen LogP contribution in [0.15, 0.2) is 6.20 Å². The minimum atomic E-state index is 0.857. The number of nitrogens with zero attached hydrogens (tertiary/aromatic N) is 2. The lowest BCUT2D eigenvalue weighted by Gasteiger charge is -2.22. The molecule has 16 heavy (non-hydrogen) atoms. The number of aryl methyl sites for hydroxylation is 2. The molecule has 0 atom stereocenters. The van der Waals surface area contributed by atoms with Crippen LogP contribution < -0.4 is 5.32 Å². The summed E-state index contributed by atoms with van der Waals surface area (Å²) in [5, 5.41) is 3.51. The first kappa shape index (κ1) is 11.5. The maximum atomic E-state index is 4.52. The molecule has 1 aromatic rings. The fraction of sp³-hybridized carbons (Fsp3) is 0.769. The number of rotatable bonds is 4. The Morgan fingerprint density at radius 2 is 2.12 bits per heavy atom. The first-order chi connectivity index (χ1) is 7.79. The summed E-state index contributed by atoms with van der Waals surface area (Å²) in [4.78, 5) is 4.52. The first-order valence-electron chi connectivity index (χ1n) is 6.57. The standard InChI is InChI=1S/C13H23N3/c1-3-16-10-11(2)15-13(16)14-9-12-7-5-4-6-8-12/h10,12H,3-9H2,1-2H3,(H,14,15). The first-order valence-corrected chi connectivity index (χ1v) is 6.57. The van der Waals surface area contributed by atoms with E-state index in [1.54, 1.807) is 0 Å². The van der Waals surface area contributed by atoms with Crippen LogP contribution in [0.4, 0.5) is 5.95 Å². The minimum Gasteiger partial charge on any atom is -0.355 e. The lowest BCUT2D eigenvalue weighted by molar-refractivity contribution is 0.372. The highest BCUT2D eigenvalue weighted by Crippen LogP contribution is 2.23. The van der Waals surface area contributed by atoms with E-state index in [2.05, 4.69) is 34.9 Å². The zero-order valence-corrected chi connectivity index (χ0v) is 10.5. The molecule has 90 valence electrons. The molecular formula is C13H23N3. The maximum Gasteiger partial charge on any atom is 0.203 e. The van der Waals surface area contributed by atoms with Crippen molar-refractivity contribution in [3.8, 4) is 0 Å². The van der Waals surface area contributed by atoms with Crippen LogP contribution in [0.2, 0.25) is 0 Å². The molecule has 1 heterocycles. The van der Waals surface area contributed by atoms with E-state index in [4.69, 9.17) is 0 Å². The van der Waals surface area contributed by atoms with E-state index >= 15 is 0 Å². The van der Waals surface area contributed by atoms with E-state index in [1.807, 2.05) is 0 Å². The topological polar surface area (TPSA) is 29.9 Å². The van der Waals surface area contributed by atoms with Gasteiger partial charge in [-0.25, -0.2) is 4.98 Å². The number of hydrogen-bond donors (Lipinski definition) is 1. The van der Waals surface area contributed by atoms with Gasteiger partial charge in [0.25, 0.3) is 0 Å². The second-order valence-corrected chi connectivity index (χ2v) is 4.88. The zero-order valence-electron chi connectivity index (χ0n) is 10.5. The van der Waals surface area contributed by atoms with Crippen molar-refractivity contribution in [1.82, 2.24) is 9.55 Å². The van der Waals surface area contributed by atoms with Gasteiger partial charge in [0.1, 0.15) is 0 Å². The van der Waals surface area contributed by atoms with Crippen LogP contribution in [0.25, 0.3) is 0 Å². The van der Waals surface area contributed by atoms with Crippen molar-refractivity contribution in [2.45, 2.75) is 52.5 Å². The summed E-state index contributed by atoms with van der Waals surface area (Å²) >= 11 is 0. The average molecular weight is 221 g/mol. The van der Waals surface area contributed by atoms with Crippen LogP contribution in [0.1, 0.15) is 44.7 Å². The number of imidazole rings is 1. The summed E-state index contributed by atoms with van der Waals surface area (Å²) < 4.78 is 2.19. The fourth-order valence-electron chi connectivity index (χ4n) is 2.56. The van der Waals surface area contributed by atoms with Crippen molar-refractivity contribution < 1.29 is 0 Å². The van der Waals surface area contributed by atoms with E-state index < -0.39 is 0 Å². The van der Waals surface area contributed by atoms with Gasteiger partial charge in [-0.05, 0) is 32.6 Å². The number of nitrogens with one attached hydrogen (secondary N) is 1. The Bertz CT molecular complexity index is 324. The van der Waals surface area contributed by atoms with Gasteiger partial charge in [-0.3, -0.25) is 0 Å². The molecule has 1 fully saturated rings. The molecule has 0 bridgehead atoms. The summed E-state index contributed by atoms with van der Waals surface area (Å²) in [6.45, 7) is 6.30. The van der Waals surface area contributed by atoms with Crippen molar-refractivity contribution >= 4 is 5.95 Å². The predicted molar refractivity (Wildman–Crippen MR) is 67.7 cm³/mol. The van der Waals surface area contributed by atoms with Crippen molar-refractivity contribution in [3.63, 3.8) is 0 Å². The van der Waals surface area contributed by atoms with E-state index in [-0.39, 0.29) is 0 Å². The van der Waals surface area contributed by atoms with E-state index in [0.29, 0.717) is 0 Å². The summed E-state index contributed by atoms with van der Waals surface area (Å²) in [6, 6.07) is 0. The Morgan fingerprint density at radius 1 is 1.38 bits per heavy atom. The van der Waals surface area contributed by atoms with Gasteiger partial charge in [-0.15, -0.1) is 0 Å². The average Bonchev–Trinajstić information content (AvgIpc) is 2.68. The molecule has 1 aliphatic carbocycles. The largest absolute Gasteiger partial charge is 0.355 e. The fourth-order valence-corrected chi connectivity index (χ4v) is 2.56. The monoisotopic (exact) mass is 221 g/mol. The molecule has 0 unspecified atom stereocenters. The highest BCUT2D eigenvalue weighted by molar-refractivity contribution is 5.28. The lowest BCUT2D eigenvalue weighted by Crippen LogP contribution is -2.19. The Morgan fingerprint density at radius 3 is 2.81 bits per heavy atom. The summed E-state index contributed by atoms with van der Waals surface area (Å²) in [7, 11) is 0. The maximum absolute atomic E-state index is 4.52. The van der Waals surface area contributed by atoms with Crippen molar-refractivity contribution in [2.75, 3.05) is 11.9 Å². The third kappa shape index (κ3) is 2.77. The normalized spacial score (nSPS) is 17.6. The van der Waals surface area contributed by atoms with Crippen LogP contribution in [-0.4, -0.2) is 16.1 Å². The van der Waals surface area contributed by atoms with E-state index in [0.717, 1.165) is 30.6 Å². The second kappa shape index (κ2) is 5.37. The van der Waals surface area contributed by atoms with Gasteiger partial charge in [0.05, 0.1) is 5.69 Å². The van der Waals surface area contributed by atoms with Gasteiger partial charge in [-0.1, -0.05) is 19.3 Å². The molecular weight excluding hydrogens is 198 g/mol. The van der Waals surface area contributed by atoms with Gasteiger partial charge in [0.15, 0.2) is 0 Å². The van der Waals surface area contributed by atoms with Crippen molar-refractivity contribution in [1.29, 1.82) is 0 Å². The molecule has 1 saturated carbocycles. The van der Waals surface area contributed by atoms with Crippen molar-refractivity contribution in [3.05, 3.63) is 11.9 Å². The molecule has 1 aromatic heterocycles. The third-order valence-corrected chi connectivity index (χ3v) is 3.51. The van der Waals surface area contributed by atoms with Gasteiger partial charge < -0.3 is 9.88 Å². The number of aromatic nitrogens is 2. The quantitative estimate of drug-likeness (QED) is 0.846. The lowest BCUT2D eigenvalue weighted by atomic mass is 9.89. The molecule has 1 N–H and O–H groups in total. The zero-order chi connectivity index (χ0) is 11.4. The number of hydrogen-bond acceptors (Lipinski definition) is 2. The highest BCUT2D eigenvalue weighted by Gasteiger charge is 2.14. The van der Waals surface area contributed by atoms with Gasteiger partial charge in [0.2, 0.25) is 5.95 Å². The molecule has 0 amide bonds. The van der Waals surface area contributed by atoms with Crippen LogP contribution in [-0.2, 0) is 6.54 Å². The molecule has 0 aromatic carbocycles. The Hall–Kier alpha value is -0.990. The molecule has 0 aliphatic heterocycles. The molecule has 0 saturated heterocycles. The van der Waals surface area contributed by atoms with E-state index in [1.165, 1.54) is 32.1 Å². The molecule has 0 spiro atoms. The van der Waals surface area contributed by atoms with Gasteiger partial charge in [-0.2, -0.15) is 0 Å². The van der Waals surface area contributed by atoms with Crippen LogP contribution in [0.3, 0.4) is 0 Å². The third-order valence-electron chi connectivity index (χ3n) is 3.51. The summed E-state index contributed by atoms with van der Waals surface area (Å²) in [5.41, 5.74) is 1.10. The summed E-state index contributed by atoms with van der Waals surface area (Å²) in [6.07, 6.45) is 9.14. The van der Waals surface area contributed by atoms with Crippen LogP contribution >= 0.6 is 0 Å².